The molecule has 0 saturated heterocycles. The van der Waals surface area contributed by atoms with Gasteiger partial charge in [-0.1, -0.05) is 56.2 Å². The number of fused-ring (bicyclic) bond motifs is 1. The van der Waals surface area contributed by atoms with Crippen LogP contribution in [0.25, 0.3) is 0 Å². The fraction of sp³-hybridized carbons (Fsp3) is 0.793. The summed E-state index contributed by atoms with van der Waals surface area (Å²) < 4.78 is 11.0. The Labute approximate surface area is 202 Å². The normalized spacial score (nSPS) is 36.2. The molecule has 3 aliphatic carbocycles. The van der Waals surface area contributed by atoms with Crippen LogP contribution in [0.5, 0.6) is 0 Å². The number of allylic oxidation sites excluding steroid dienone is 4. The van der Waals surface area contributed by atoms with Gasteiger partial charge in [-0.05, 0) is 88.4 Å². The van der Waals surface area contributed by atoms with E-state index in [2.05, 4.69) is 58.9 Å². The van der Waals surface area contributed by atoms with Crippen LogP contribution >= 0.6 is 0 Å². The van der Waals surface area contributed by atoms with Crippen molar-refractivity contribution in [2.45, 2.75) is 104 Å². The second-order valence-corrected chi connectivity index (χ2v) is 11.8. The van der Waals surface area contributed by atoms with Gasteiger partial charge in [-0.15, -0.1) is 0 Å². The van der Waals surface area contributed by atoms with Crippen LogP contribution in [0.1, 0.15) is 86.0 Å². The maximum absolute atomic E-state index is 10.0. The third-order valence-corrected chi connectivity index (χ3v) is 9.09. The zero-order valence-electron chi connectivity index (χ0n) is 21.8. The van der Waals surface area contributed by atoms with E-state index in [1.54, 1.807) is 12.7 Å². The van der Waals surface area contributed by atoms with Gasteiger partial charge in [-0.3, -0.25) is 0 Å². The molecular weight excluding hydrogens is 412 g/mol. The molecular formula is C29H48O4. The molecule has 4 nitrogen and oxygen atoms in total. The largest absolute Gasteiger partial charge is 0.393 e. The number of methoxy groups -OCH3 is 1. The molecule has 3 fully saturated rings. The number of rotatable bonds is 8. The molecule has 0 aromatic carbocycles. The minimum absolute atomic E-state index is 0.247. The average molecular weight is 461 g/mol. The van der Waals surface area contributed by atoms with Crippen molar-refractivity contribution in [2.75, 3.05) is 13.9 Å². The quantitative estimate of drug-likeness (QED) is 0.335. The van der Waals surface area contributed by atoms with Crippen LogP contribution in [0.2, 0.25) is 0 Å². The molecule has 4 heteroatoms. The van der Waals surface area contributed by atoms with E-state index in [0.717, 1.165) is 0 Å². The monoisotopic (exact) mass is 460 g/mol. The maximum Gasteiger partial charge on any atom is 0.147 e. The highest BCUT2D eigenvalue weighted by Gasteiger charge is 2.50. The number of hydrogen-bond acceptors (Lipinski definition) is 4. The molecule has 0 spiro atoms. The summed E-state index contributed by atoms with van der Waals surface area (Å²) in [6.45, 7) is 11.8. The first-order chi connectivity index (χ1) is 15.6. The van der Waals surface area contributed by atoms with Gasteiger partial charge < -0.3 is 19.7 Å². The average Bonchev–Trinajstić information content (AvgIpc) is 3.11. The van der Waals surface area contributed by atoms with E-state index in [9.17, 15) is 10.2 Å². The Kier molecular flexibility index (Phi) is 9.05. The molecule has 0 aromatic heterocycles. The van der Waals surface area contributed by atoms with Gasteiger partial charge >= 0.3 is 0 Å². The lowest BCUT2D eigenvalue weighted by atomic mass is 9.61. The van der Waals surface area contributed by atoms with Crippen molar-refractivity contribution in [3.8, 4) is 0 Å². The zero-order valence-corrected chi connectivity index (χ0v) is 21.8. The molecule has 0 amide bonds. The fourth-order valence-corrected chi connectivity index (χ4v) is 6.72. The summed E-state index contributed by atoms with van der Waals surface area (Å²) in [5.41, 5.74) is 2.89. The van der Waals surface area contributed by atoms with E-state index in [1.165, 1.54) is 37.7 Å². The zero-order chi connectivity index (χ0) is 24.2. The van der Waals surface area contributed by atoms with Gasteiger partial charge in [0.25, 0.3) is 0 Å². The Bertz CT molecular complexity index is 724. The second kappa shape index (κ2) is 11.2. The fourth-order valence-electron chi connectivity index (χ4n) is 6.72. The molecule has 0 bridgehead atoms. The van der Waals surface area contributed by atoms with Crippen LogP contribution in [0.15, 0.2) is 35.5 Å². The van der Waals surface area contributed by atoms with Gasteiger partial charge in [0, 0.05) is 13.0 Å². The van der Waals surface area contributed by atoms with Crippen LogP contribution in [0.3, 0.4) is 0 Å². The Morgan fingerprint density at radius 1 is 1.09 bits per heavy atom. The standard InChI is InChI=1S/C29H48O4/c1-20(9-10-21(2)28(3,4)33-19-32-6)26-13-14-27-23(8-7-15-29(26,27)5)12-11-22-16-24(30)18-25(31)17-22/h9-12,20-21,24-27,30-31H,7-8,13-19H2,1-6H3/b10-9+,23-12+/t20-,21+,24-,25-,26-,27+,29-/m1/s1. The predicted molar refractivity (Wildman–Crippen MR) is 135 cm³/mol. The highest BCUT2D eigenvalue weighted by Crippen LogP contribution is 2.59. The van der Waals surface area contributed by atoms with E-state index >= 15 is 0 Å². The Hall–Kier alpha value is -0.940. The number of aliphatic hydroxyl groups is 2. The molecule has 7 atom stereocenters. The van der Waals surface area contributed by atoms with Crippen molar-refractivity contribution >= 4 is 0 Å². The minimum atomic E-state index is -0.397. The van der Waals surface area contributed by atoms with Crippen LogP contribution in [-0.4, -0.2) is 41.9 Å². The lowest BCUT2D eigenvalue weighted by Crippen LogP contribution is -2.36. The summed E-state index contributed by atoms with van der Waals surface area (Å²) in [6, 6.07) is 0. The first-order valence-corrected chi connectivity index (χ1v) is 13.1. The summed E-state index contributed by atoms with van der Waals surface area (Å²) in [5, 5.41) is 20.0. The van der Waals surface area contributed by atoms with E-state index < -0.39 is 12.2 Å². The van der Waals surface area contributed by atoms with Gasteiger partial charge in [0.05, 0.1) is 17.8 Å². The molecule has 0 unspecified atom stereocenters. The summed E-state index contributed by atoms with van der Waals surface area (Å²) in [5.74, 6) is 2.21. The van der Waals surface area contributed by atoms with Gasteiger partial charge in [-0.2, -0.15) is 0 Å². The second-order valence-electron chi connectivity index (χ2n) is 11.8. The van der Waals surface area contributed by atoms with Crippen LogP contribution in [0.4, 0.5) is 0 Å². The number of aliphatic hydroxyl groups excluding tert-OH is 2. The van der Waals surface area contributed by atoms with Gasteiger partial charge in [0.2, 0.25) is 0 Å². The third kappa shape index (κ3) is 6.39. The summed E-state index contributed by atoms with van der Waals surface area (Å²) in [6.07, 6.45) is 16.8. The molecule has 0 radical (unpaired) electrons. The lowest BCUT2D eigenvalue weighted by molar-refractivity contribution is -0.128. The first-order valence-electron chi connectivity index (χ1n) is 13.1. The van der Waals surface area contributed by atoms with Gasteiger partial charge in [0.15, 0.2) is 0 Å². The summed E-state index contributed by atoms with van der Waals surface area (Å²) in [7, 11) is 1.67. The van der Waals surface area contributed by atoms with Crippen LogP contribution in [0, 0.1) is 29.1 Å². The maximum atomic E-state index is 10.0. The van der Waals surface area contributed by atoms with E-state index in [1.807, 2.05) is 0 Å². The summed E-state index contributed by atoms with van der Waals surface area (Å²) >= 11 is 0. The van der Waals surface area contributed by atoms with E-state index in [-0.39, 0.29) is 5.60 Å². The van der Waals surface area contributed by atoms with Gasteiger partial charge in [0.1, 0.15) is 6.79 Å². The lowest BCUT2D eigenvalue weighted by Gasteiger charge is -2.44. The Morgan fingerprint density at radius 3 is 2.45 bits per heavy atom. The number of hydrogen-bond donors (Lipinski definition) is 2. The number of ether oxygens (including phenoxy) is 2. The van der Waals surface area contributed by atoms with Crippen molar-refractivity contribution in [1.82, 2.24) is 0 Å². The smallest absolute Gasteiger partial charge is 0.147 e. The molecule has 188 valence electrons. The van der Waals surface area contributed by atoms with Crippen LogP contribution < -0.4 is 0 Å². The third-order valence-electron chi connectivity index (χ3n) is 9.09. The van der Waals surface area contributed by atoms with Crippen molar-refractivity contribution < 1.29 is 19.7 Å². The highest BCUT2D eigenvalue weighted by molar-refractivity contribution is 5.26. The van der Waals surface area contributed by atoms with Crippen LogP contribution in [-0.2, 0) is 9.47 Å². The van der Waals surface area contributed by atoms with E-state index in [4.69, 9.17) is 9.47 Å². The molecule has 0 heterocycles. The molecule has 2 N–H and O–H groups in total. The van der Waals surface area contributed by atoms with Crippen molar-refractivity contribution in [2.24, 2.45) is 29.1 Å². The first kappa shape index (κ1) is 26.7. The van der Waals surface area contributed by atoms with Crippen molar-refractivity contribution in [1.29, 1.82) is 0 Å². The SMILES string of the molecule is COCOC(C)(C)[C@@H](C)/C=C/[C@@H](C)[C@H]1CC[C@H]2/C(=C/C=C3C[C@@H](O)C[C@H](O)C3)CCC[C@]12C. The molecule has 33 heavy (non-hydrogen) atoms. The summed E-state index contributed by atoms with van der Waals surface area (Å²) in [4.78, 5) is 0. The van der Waals surface area contributed by atoms with Gasteiger partial charge in [-0.25, -0.2) is 0 Å². The molecule has 0 aliphatic heterocycles. The Balaban J connectivity index is 1.68. The molecule has 3 aliphatic rings. The predicted octanol–water partition coefficient (Wildman–Crippen LogP) is 6.19. The Morgan fingerprint density at radius 2 is 1.79 bits per heavy atom. The van der Waals surface area contributed by atoms with E-state index in [0.29, 0.717) is 55.1 Å². The van der Waals surface area contributed by atoms with Crippen molar-refractivity contribution in [3.63, 3.8) is 0 Å². The highest BCUT2D eigenvalue weighted by atomic mass is 16.7. The molecule has 0 aromatic rings. The molecule has 3 rings (SSSR count). The minimum Gasteiger partial charge on any atom is -0.393 e. The topological polar surface area (TPSA) is 58.9 Å². The van der Waals surface area contributed by atoms with Crippen molar-refractivity contribution in [3.05, 3.63) is 35.5 Å². The molecule has 3 saturated carbocycles.